The molecule has 140 valence electrons. The highest BCUT2D eigenvalue weighted by Crippen LogP contribution is 2.61. The molecular formula is C17H36S6. The molecule has 0 saturated carbocycles. The fourth-order valence-corrected chi connectivity index (χ4v) is 12.0. The summed E-state index contributed by atoms with van der Waals surface area (Å²) in [7, 11) is 0. The molecule has 23 heavy (non-hydrogen) atoms. The minimum absolute atomic E-state index is 0.0496. The summed E-state index contributed by atoms with van der Waals surface area (Å²) >= 11 is 15.7. The smallest absolute Gasteiger partial charge is 0.120 e. The summed E-state index contributed by atoms with van der Waals surface area (Å²) in [5, 5.41) is 0.595. The topological polar surface area (TPSA) is 0 Å². The molecule has 0 spiro atoms. The summed E-state index contributed by atoms with van der Waals surface area (Å²) in [4.78, 5) is 0. The minimum atomic E-state index is -0.0496. The average molecular weight is 433 g/mol. The van der Waals surface area contributed by atoms with Gasteiger partial charge in [0.25, 0.3) is 0 Å². The Morgan fingerprint density at radius 3 is 2.09 bits per heavy atom. The number of hydrogen-bond acceptors (Lipinski definition) is 6. The molecule has 0 aliphatic carbocycles. The van der Waals surface area contributed by atoms with Gasteiger partial charge in [0.15, 0.2) is 0 Å². The van der Waals surface area contributed by atoms with Gasteiger partial charge in [0.05, 0.1) is 9.33 Å². The molecule has 6 heteroatoms. The van der Waals surface area contributed by atoms with Gasteiger partial charge < -0.3 is 0 Å². The summed E-state index contributed by atoms with van der Waals surface area (Å²) in [5.41, 5.74) is 0. The number of rotatable bonds is 14. The van der Waals surface area contributed by atoms with Crippen molar-refractivity contribution in [1.82, 2.24) is 0 Å². The second-order valence-electron chi connectivity index (χ2n) is 5.93. The normalized spacial score (nSPS) is 18.7. The first-order valence-corrected chi connectivity index (χ1v) is 14.3. The van der Waals surface area contributed by atoms with Crippen LogP contribution in [0.3, 0.4) is 0 Å². The van der Waals surface area contributed by atoms with Crippen molar-refractivity contribution < 1.29 is 0 Å². The van der Waals surface area contributed by atoms with Crippen LogP contribution >= 0.6 is 71.4 Å². The molecule has 0 aliphatic rings. The van der Waals surface area contributed by atoms with Gasteiger partial charge in [0.2, 0.25) is 0 Å². The minimum Gasteiger partial charge on any atom is -0.150 e. The maximum Gasteiger partial charge on any atom is 0.120 e. The van der Waals surface area contributed by atoms with E-state index in [0.29, 0.717) is 9.83 Å². The molecule has 0 amide bonds. The Kier molecular flexibility index (Phi) is 14.5. The van der Waals surface area contributed by atoms with Crippen molar-refractivity contribution in [2.75, 3.05) is 23.5 Å². The third kappa shape index (κ3) is 8.11. The van der Waals surface area contributed by atoms with Gasteiger partial charge in [-0.3, -0.25) is 0 Å². The largest absolute Gasteiger partial charge is 0.150 e. The number of hydrogen-bond donors (Lipinski definition) is 1. The molecule has 0 saturated heterocycles. The SMILES string of the molecule is CCCCSC(S)(SC(C)C)C(C)(SCCC)C(SC)SCC. The summed E-state index contributed by atoms with van der Waals surface area (Å²) in [6.45, 7) is 13.9. The fourth-order valence-electron chi connectivity index (χ4n) is 2.19. The zero-order valence-corrected chi connectivity index (χ0v) is 20.9. The van der Waals surface area contributed by atoms with E-state index < -0.39 is 0 Å². The van der Waals surface area contributed by atoms with E-state index in [-0.39, 0.29) is 8.16 Å². The van der Waals surface area contributed by atoms with Gasteiger partial charge in [0.1, 0.15) is 3.41 Å². The van der Waals surface area contributed by atoms with Crippen molar-refractivity contribution in [3.8, 4) is 0 Å². The van der Waals surface area contributed by atoms with E-state index in [1.54, 1.807) is 0 Å². The molecular weight excluding hydrogens is 397 g/mol. The molecule has 0 nitrogen and oxygen atoms in total. The van der Waals surface area contributed by atoms with Gasteiger partial charge in [-0.2, -0.15) is 11.8 Å². The van der Waals surface area contributed by atoms with E-state index in [0.717, 1.165) is 0 Å². The summed E-state index contributed by atoms with van der Waals surface area (Å²) < 4.78 is 0.660. The van der Waals surface area contributed by atoms with Crippen molar-refractivity contribution in [3.05, 3.63) is 0 Å². The standard InChI is InChI=1S/C17H36S6/c1-8-11-13-22-17(18,23-14(4)5)16(6,21-12-9-2)15(19-7)20-10-3/h14-15,18H,8-13H2,1-7H3. The Bertz CT molecular complexity index is 299. The monoisotopic (exact) mass is 432 g/mol. The predicted molar refractivity (Wildman–Crippen MR) is 128 cm³/mol. The van der Waals surface area contributed by atoms with Crippen LogP contribution < -0.4 is 0 Å². The van der Waals surface area contributed by atoms with E-state index >= 15 is 0 Å². The lowest BCUT2D eigenvalue weighted by Crippen LogP contribution is -2.48. The molecule has 0 N–H and O–H groups in total. The third-order valence-corrected chi connectivity index (χ3v) is 13.2. The molecule has 0 aliphatic heterocycles. The van der Waals surface area contributed by atoms with E-state index in [1.807, 2.05) is 11.8 Å². The number of thiol groups is 1. The Hall–Kier alpha value is 2.10. The van der Waals surface area contributed by atoms with Crippen LogP contribution in [0.5, 0.6) is 0 Å². The molecule has 0 heterocycles. The summed E-state index contributed by atoms with van der Waals surface area (Å²) in [6.07, 6.45) is 6.04. The molecule has 0 aromatic carbocycles. The Labute approximate surface area is 172 Å². The van der Waals surface area contributed by atoms with Gasteiger partial charge in [-0.1, -0.05) is 41.0 Å². The molecule has 0 rings (SSSR count). The maximum atomic E-state index is 5.35. The van der Waals surface area contributed by atoms with Crippen LogP contribution in [0.15, 0.2) is 0 Å². The van der Waals surface area contributed by atoms with Gasteiger partial charge in [0, 0.05) is 5.25 Å². The van der Waals surface area contributed by atoms with E-state index in [9.17, 15) is 0 Å². The van der Waals surface area contributed by atoms with Gasteiger partial charge >= 0.3 is 0 Å². The van der Waals surface area contributed by atoms with Crippen LogP contribution in [-0.4, -0.2) is 41.5 Å². The highest BCUT2D eigenvalue weighted by atomic mass is 32.3. The molecule has 3 unspecified atom stereocenters. The molecule has 0 aromatic heterocycles. The molecule has 3 atom stereocenters. The number of thioether (sulfide) groups is 5. The first-order chi connectivity index (χ1) is 10.8. The van der Waals surface area contributed by atoms with Crippen LogP contribution in [0.1, 0.15) is 60.8 Å². The lowest BCUT2D eigenvalue weighted by Gasteiger charge is -2.49. The molecule has 0 fully saturated rings. The third-order valence-electron chi connectivity index (χ3n) is 3.41. The molecule has 0 bridgehead atoms. The van der Waals surface area contributed by atoms with Crippen LogP contribution in [0.2, 0.25) is 0 Å². The zero-order chi connectivity index (χ0) is 17.9. The second kappa shape index (κ2) is 13.3. The maximum absolute atomic E-state index is 5.35. The quantitative estimate of drug-likeness (QED) is 0.170. The molecule has 0 aromatic rings. The zero-order valence-electron chi connectivity index (χ0n) is 15.9. The highest BCUT2D eigenvalue weighted by molar-refractivity contribution is 8.31. The molecule has 0 radical (unpaired) electrons. The van der Waals surface area contributed by atoms with Crippen molar-refractivity contribution in [1.29, 1.82) is 0 Å². The Morgan fingerprint density at radius 1 is 1.00 bits per heavy atom. The fraction of sp³-hybridized carbons (Fsp3) is 1.00. The first-order valence-electron chi connectivity index (χ1n) is 8.63. The summed E-state index contributed by atoms with van der Waals surface area (Å²) in [5.74, 6) is 3.59. The average Bonchev–Trinajstić information content (AvgIpc) is 2.49. The predicted octanol–water partition coefficient (Wildman–Crippen LogP) is 7.59. The Balaban J connectivity index is 5.56. The van der Waals surface area contributed by atoms with Crippen molar-refractivity contribution in [2.45, 2.75) is 78.8 Å². The van der Waals surface area contributed by atoms with Crippen molar-refractivity contribution in [2.24, 2.45) is 0 Å². The van der Waals surface area contributed by atoms with Crippen LogP contribution in [-0.2, 0) is 0 Å². The lowest BCUT2D eigenvalue weighted by molar-refractivity contribution is 0.737. The van der Waals surface area contributed by atoms with Gasteiger partial charge in [-0.05, 0) is 43.3 Å². The first kappa shape index (κ1) is 25.1. The van der Waals surface area contributed by atoms with Crippen LogP contribution in [0, 0.1) is 0 Å². The number of unbranched alkanes of at least 4 members (excludes halogenated alkanes) is 1. The van der Waals surface area contributed by atoms with Crippen molar-refractivity contribution >= 4 is 71.4 Å². The lowest BCUT2D eigenvalue weighted by atomic mass is 10.2. The second-order valence-corrected chi connectivity index (χ2v) is 14.7. The Morgan fingerprint density at radius 2 is 1.65 bits per heavy atom. The van der Waals surface area contributed by atoms with E-state index in [4.69, 9.17) is 12.6 Å². The van der Waals surface area contributed by atoms with Crippen LogP contribution in [0.4, 0.5) is 0 Å². The highest BCUT2D eigenvalue weighted by Gasteiger charge is 2.52. The van der Waals surface area contributed by atoms with Crippen molar-refractivity contribution in [3.63, 3.8) is 0 Å². The van der Waals surface area contributed by atoms with Crippen LogP contribution in [0.25, 0.3) is 0 Å². The summed E-state index contributed by atoms with van der Waals surface area (Å²) in [6, 6.07) is 0. The van der Waals surface area contributed by atoms with E-state index in [2.05, 4.69) is 94.8 Å². The van der Waals surface area contributed by atoms with E-state index in [1.165, 1.54) is 36.5 Å². The van der Waals surface area contributed by atoms with Gasteiger partial charge in [-0.25, -0.2) is 0 Å². The van der Waals surface area contributed by atoms with Gasteiger partial charge in [-0.15, -0.1) is 59.7 Å².